The molecule has 1 unspecified atom stereocenters. The van der Waals surface area contributed by atoms with E-state index in [2.05, 4.69) is 0 Å². The zero-order chi connectivity index (χ0) is 8.20. The lowest BCUT2D eigenvalue weighted by molar-refractivity contribution is 0.702. The molecule has 0 bridgehead atoms. The molecule has 0 aliphatic heterocycles. The molecule has 0 nitrogen and oxygen atoms in total. The Bertz CT molecular complexity index is 86.2. The van der Waals surface area contributed by atoms with Gasteiger partial charge in [0.2, 0.25) is 0 Å². The summed E-state index contributed by atoms with van der Waals surface area (Å²) in [5.74, 6) is 0. The van der Waals surface area contributed by atoms with E-state index >= 15 is 0 Å². The highest BCUT2D eigenvalue weighted by molar-refractivity contribution is 4.31. The largest absolute Gasteiger partial charge is 0.0654 e. The van der Waals surface area contributed by atoms with Crippen molar-refractivity contribution in [1.29, 1.82) is 0 Å². The number of hydrogen-bond acceptors (Lipinski definition) is 0. The fourth-order valence-electron chi connectivity index (χ4n) is 0.306. The third-order valence-corrected chi connectivity index (χ3v) is 0.702. The molecule has 0 heteroatoms. The molecule has 0 aliphatic carbocycles. The van der Waals surface area contributed by atoms with Crippen LogP contribution in [0.15, 0.2) is 0 Å². The summed E-state index contributed by atoms with van der Waals surface area (Å²) < 4.78 is 27.8. The summed E-state index contributed by atoms with van der Waals surface area (Å²) in [6, 6.07) is 0. The molecule has 0 saturated carbocycles. The predicted octanol–water partition coefficient (Wildman–Crippen LogP) is 2.59. The van der Waals surface area contributed by atoms with Gasteiger partial charge in [0.05, 0.1) is 0 Å². The van der Waals surface area contributed by atoms with Gasteiger partial charge in [-0.05, 0) is 0 Å². The Kier molecular flexibility index (Phi) is 1.54. The highest BCUT2D eigenvalue weighted by atomic mass is 13.8. The molecule has 0 aromatic carbocycles. The van der Waals surface area contributed by atoms with Crippen LogP contribution in [0.2, 0.25) is 0 Å². The van der Waals surface area contributed by atoms with Gasteiger partial charge < -0.3 is 0 Å². The summed E-state index contributed by atoms with van der Waals surface area (Å²) in [6.45, 7) is -0.0819. The minimum absolute atomic E-state index is 0.493. The van der Waals surface area contributed by atoms with Crippen molar-refractivity contribution in [2.45, 2.75) is 39.4 Å². The average Bonchev–Trinajstić information content (AvgIpc) is 1.80. The highest BCUT2D eigenvalue weighted by Crippen LogP contribution is 1.95. The second-order valence-electron chi connectivity index (χ2n) is 1.35. The summed E-state index contributed by atoms with van der Waals surface area (Å²) in [4.78, 5) is 0. The van der Waals surface area contributed by atoms with E-state index in [0.29, 0.717) is 6.42 Å². The summed E-state index contributed by atoms with van der Waals surface area (Å²) in [5.41, 5.74) is 0. The summed E-state index contributed by atoms with van der Waals surface area (Å²) >= 11 is 0. The van der Waals surface area contributed by atoms with Crippen molar-refractivity contribution in [3.63, 3.8) is 0 Å². The fourth-order valence-corrected chi connectivity index (χ4v) is 0.306. The van der Waals surface area contributed by atoms with Gasteiger partial charge in [-0.25, -0.2) is 0 Å². The normalized spacial score (nSPS) is 26.2. The SMILES string of the molecule is [2H]C(CCCC)C([2H])([2H])[2H]. The Labute approximate surface area is 46.2 Å². The minimum atomic E-state index is -2.07. The standard InChI is InChI=1S/C6H14/c1-3-5-6-4-2/h3-6H2,1-2H3/i1D3,3D. The predicted molar refractivity (Wildman–Crippen MR) is 29.8 cm³/mol. The van der Waals surface area contributed by atoms with E-state index < -0.39 is 13.2 Å². The van der Waals surface area contributed by atoms with Gasteiger partial charge in [-0.15, -0.1) is 0 Å². The Morgan fingerprint density at radius 3 is 3.00 bits per heavy atom. The number of unbranched alkanes of at least 4 members (excludes halogenated alkanes) is 1. The van der Waals surface area contributed by atoms with Gasteiger partial charge in [0.1, 0.15) is 0 Å². The van der Waals surface area contributed by atoms with Crippen LogP contribution in [-0.2, 0) is 0 Å². The molecule has 0 amide bonds. The van der Waals surface area contributed by atoms with Crippen LogP contribution in [0.1, 0.15) is 44.9 Å². The van der Waals surface area contributed by atoms with Crippen molar-refractivity contribution in [2.75, 3.05) is 0 Å². The van der Waals surface area contributed by atoms with Crippen LogP contribution in [0.4, 0.5) is 0 Å². The third-order valence-electron chi connectivity index (χ3n) is 0.702. The molecule has 0 aliphatic rings. The molecule has 0 fully saturated rings. The van der Waals surface area contributed by atoms with E-state index in [-0.39, 0.29) is 0 Å². The third kappa shape index (κ3) is 4.00. The van der Waals surface area contributed by atoms with Gasteiger partial charge in [0.25, 0.3) is 0 Å². The van der Waals surface area contributed by atoms with Crippen molar-refractivity contribution in [1.82, 2.24) is 0 Å². The van der Waals surface area contributed by atoms with Gasteiger partial charge >= 0.3 is 0 Å². The second-order valence-corrected chi connectivity index (χ2v) is 1.35. The van der Waals surface area contributed by atoms with Crippen LogP contribution in [0.3, 0.4) is 0 Å². The molecule has 0 rings (SSSR count). The summed E-state index contributed by atoms with van der Waals surface area (Å²) in [6.07, 6.45) is 1.41. The van der Waals surface area contributed by atoms with E-state index in [9.17, 15) is 0 Å². The van der Waals surface area contributed by atoms with Crippen LogP contribution in [0.25, 0.3) is 0 Å². The molecule has 0 aromatic heterocycles. The fraction of sp³-hybridized carbons (Fsp3) is 1.00. The zero-order valence-electron chi connectivity index (χ0n) is 8.20. The van der Waals surface area contributed by atoms with Crippen LogP contribution >= 0.6 is 0 Å². The molecule has 0 heterocycles. The maximum atomic E-state index is 7.16. The Morgan fingerprint density at radius 2 is 2.50 bits per heavy atom. The lowest BCUT2D eigenvalue weighted by Gasteiger charge is -1.86. The van der Waals surface area contributed by atoms with Gasteiger partial charge in [-0.2, -0.15) is 0 Å². The molecule has 0 radical (unpaired) electrons. The van der Waals surface area contributed by atoms with Crippen LogP contribution in [0.5, 0.6) is 0 Å². The molecule has 38 valence electrons. The van der Waals surface area contributed by atoms with Crippen LogP contribution < -0.4 is 0 Å². The van der Waals surface area contributed by atoms with E-state index in [0.717, 1.165) is 12.8 Å². The van der Waals surface area contributed by atoms with E-state index in [4.69, 9.17) is 5.48 Å². The molecule has 1 atom stereocenters. The minimum Gasteiger partial charge on any atom is -0.0654 e. The van der Waals surface area contributed by atoms with Gasteiger partial charge in [-0.3, -0.25) is 0 Å². The van der Waals surface area contributed by atoms with Crippen LogP contribution in [0, 0.1) is 0 Å². The Morgan fingerprint density at radius 1 is 1.67 bits per heavy atom. The lowest BCUT2D eigenvalue weighted by Crippen LogP contribution is -1.66. The van der Waals surface area contributed by atoms with E-state index in [1.54, 1.807) is 0 Å². The molecule has 0 spiro atoms. The monoisotopic (exact) mass is 90.1 g/mol. The van der Waals surface area contributed by atoms with E-state index in [1.807, 2.05) is 6.92 Å². The Hall–Kier alpha value is 0. The van der Waals surface area contributed by atoms with Crippen molar-refractivity contribution >= 4 is 0 Å². The van der Waals surface area contributed by atoms with Gasteiger partial charge in [0.15, 0.2) is 0 Å². The zero-order valence-corrected chi connectivity index (χ0v) is 4.20. The summed E-state index contributed by atoms with van der Waals surface area (Å²) in [5, 5.41) is 0. The van der Waals surface area contributed by atoms with E-state index in [1.165, 1.54) is 0 Å². The van der Waals surface area contributed by atoms with Crippen molar-refractivity contribution in [2.24, 2.45) is 0 Å². The average molecular weight is 90.2 g/mol. The first-order valence-electron chi connectivity index (χ1n) is 4.48. The first-order valence-corrected chi connectivity index (χ1v) is 2.40. The summed E-state index contributed by atoms with van der Waals surface area (Å²) in [7, 11) is 0. The lowest BCUT2D eigenvalue weighted by atomic mass is 10.2. The van der Waals surface area contributed by atoms with Crippen LogP contribution in [-0.4, -0.2) is 0 Å². The van der Waals surface area contributed by atoms with Crippen molar-refractivity contribution in [3.05, 3.63) is 0 Å². The first-order chi connectivity index (χ1) is 4.48. The smallest absolute Gasteiger partial charge is 0.0264 e. The number of rotatable bonds is 3. The maximum Gasteiger partial charge on any atom is 0.0264 e. The highest BCUT2D eigenvalue weighted by Gasteiger charge is 1.75. The Balaban J connectivity index is 3.52. The molecular formula is C6H14. The van der Waals surface area contributed by atoms with Gasteiger partial charge in [-0.1, -0.05) is 39.4 Å². The topological polar surface area (TPSA) is 0 Å². The molecule has 0 saturated heterocycles. The molecular weight excluding hydrogens is 72.1 g/mol. The maximum absolute atomic E-state index is 7.16. The second kappa shape index (κ2) is 5.00. The molecule has 0 aromatic rings. The first kappa shape index (κ1) is 1.85. The molecule has 6 heavy (non-hydrogen) atoms. The van der Waals surface area contributed by atoms with Crippen molar-refractivity contribution in [3.8, 4) is 0 Å². The van der Waals surface area contributed by atoms with Gasteiger partial charge in [0, 0.05) is 5.48 Å². The number of hydrogen-bond donors (Lipinski definition) is 0. The van der Waals surface area contributed by atoms with Crippen molar-refractivity contribution < 1.29 is 5.48 Å². The molecule has 0 N–H and O–H groups in total. The quantitative estimate of drug-likeness (QED) is 0.499.